The van der Waals surface area contributed by atoms with Crippen LogP contribution in [0.15, 0.2) is 36.7 Å². The molecule has 4 rings (SSSR count). The first-order chi connectivity index (χ1) is 28.0. The monoisotopic (exact) mass is 831 g/mol. The normalized spacial score (nSPS) is 20.9. The van der Waals surface area contributed by atoms with Crippen LogP contribution in [0.25, 0.3) is 5.52 Å². The Kier molecular flexibility index (Phi) is 19.8. The van der Waals surface area contributed by atoms with Gasteiger partial charge in [-0.05, 0) is 37.6 Å². The van der Waals surface area contributed by atoms with Gasteiger partial charge in [-0.2, -0.15) is 10.4 Å². The minimum absolute atomic E-state index is 0.0591. The molecule has 5 N–H and O–H groups in total. The molecule has 0 aliphatic carbocycles. The number of nitriles is 1. The summed E-state index contributed by atoms with van der Waals surface area (Å²) in [6.45, 7) is 3.06. The van der Waals surface area contributed by atoms with Crippen LogP contribution >= 0.6 is 7.82 Å². The molecule has 16 heteroatoms. The third-order valence-electron chi connectivity index (χ3n) is 10.9. The number of methoxy groups -OCH3 is 1. The Morgan fingerprint density at radius 1 is 0.983 bits per heavy atom. The van der Waals surface area contributed by atoms with E-state index in [2.05, 4.69) is 23.1 Å². The van der Waals surface area contributed by atoms with Crippen LogP contribution in [0.2, 0.25) is 0 Å². The highest BCUT2D eigenvalue weighted by molar-refractivity contribution is 7.47. The fourth-order valence-electron chi connectivity index (χ4n) is 7.23. The van der Waals surface area contributed by atoms with Crippen molar-refractivity contribution >= 4 is 19.2 Å². The first kappa shape index (κ1) is 47.5. The van der Waals surface area contributed by atoms with Crippen molar-refractivity contribution in [1.29, 1.82) is 5.26 Å². The van der Waals surface area contributed by atoms with Crippen molar-refractivity contribution in [2.45, 2.75) is 147 Å². The van der Waals surface area contributed by atoms with Crippen molar-refractivity contribution in [2.24, 2.45) is 0 Å². The van der Waals surface area contributed by atoms with E-state index in [1.807, 2.05) is 0 Å². The van der Waals surface area contributed by atoms with Crippen LogP contribution in [0.1, 0.15) is 133 Å². The minimum Gasteiger partial charge on any atom is -0.496 e. The number of ether oxygens (including phenoxy) is 4. The number of aliphatic hydroxyl groups excluding tert-OH is 1. The van der Waals surface area contributed by atoms with Crippen LogP contribution in [0.5, 0.6) is 5.75 Å². The van der Waals surface area contributed by atoms with E-state index in [0.717, 1.165) is 19.3 Å². The summed E-state index contributed by atoms with van der Waals surface area (Å²) in [5.41, 5.74) is 4.13. The maximum absolute atomic E-state index is 13.1. The van der Waals surface area contributed by atoms with Crippen molar-refractivity contribution in [3.8, 4) is 11.8 Å². The highest BCUT2D eigenvalue weighted by atomic mass is 31.2. The van der Waals surface area contributed by atoms with Crippen LogP contribution in [-0.2, 0) is 40.0 Å². The Bertz CT molecular complexity index is 1760. The zero-order chi connectivity index (χ0) is 41.9. The van der Waals surface area contributed by atoms with Crippen LogP contribution in [-0.4, -0.2) is 87.7 Å². The molecule has 0 bridgehead atoms. The van der Waals surface area contributed by atoms with Gasteiger partial charge in [0.1, 0.15) is 35.4 Å². The summed E-state index contributed by atoms with van der Waals surface area (Å²) in [6, 6.07) is 10.2. The van der Waals surface area contributed by atoms with Crippen LogP contribution < -0.4 is 10.5 Å². The molecule has 5 atom stereocenters. The number of hydrogen-bond acceptors (Lipinski definition) is 13. The van der Waals surface area contributed by atoms with Crippen molar-refractivity contribution < 1.29 is 47.7 Å². The molecule has 0 radical (unpaired) electrons. The van der Waals surface area contributed by atoms with Gasteiger partial charge in [0.05, 0.1) is 57.5 Å². The molecule has 3 heterocycles. The largest absolute Gasteiger partial charge is 0.496 e. The lowest BCUT2D eigenvalue weighted by atomic mass is 9.86. The number of aromatic nitrogens is 3. The standard InChI is InChI=1S/C42H66N5O10P/c1-4-5-6-7-8-9-10-11-12-13-14-15-16-17-18-19-24-53-28-35(54-27-34-21-20-33(26-43)25-37(34)52-3)29-56-58(50,51)57-30-41(2)40(48)42(49,31-55-41)38-23-22-36-39(44)45-32-46-47(36)38/h20-23,25,32,35,40,48-49H,4-19,24,27-31H2,1-3H3,(H,50,51)(H2,44,45,46)/t35-,40+,41+,42+/m0/s1. The first-order valence-corrected chi connectivity index (χ1v) is 22.5. The number of phosphoric ester groups is 1. The average Bonchev–Trinajstić information content (AvgIpc) is 3.77. The van der Waals surface area contributed by atoms with Crippen molar-refractivity contribution in [2.75, 3.05) is 45.9 Å². The van der Waals surface area contributed by atoms with E-state index in [9.17, 15) is 24.9 Å². The maximum atomic E-state index is 13.1. The summed E-state index contributed by atoms with van der Waals surface area (Å²) < 4.78 is 48.4. The van der Waals surface area contributed by atoms with Gasteiger partial charge in [0, 0.05) is 12.2 Å². The van der Waals surface area contributed by atoms with E-state index in [0.29, 0.717) is 29.0 Å². The molecule has 1 saturated heterocycles. The number of fused-ring (bicyclic) bond motifs is 1. The van der Waals surface area contributed by atoms with E-state index >= 15 is 0 Å². The van der Waals surface area contributed by atoms with E-state index in [1.54, 1.807) is 30.3 Å². The Labute approximate surface area is 343 Å². The Morgan fingerprint density at radius 2 is 1.62 bits per heavy atom. The number of phosphoric acid groups is 1. The number of unbranched alkanes of at least 4 members (excludes halogenated alkanes) is 15. The zero-order valence-corrected chi connectivity index (χ0v) is 35.6. The molecule has 0 saturated carbocycles. The summed E-state index contributed by atoms with van der Waals surface area (Å²) in [5, 5.41) is 36.3. The lowest BCUT2D eigenvalue weighted by molar-refractivity contribution is -0.101. The van der Waals surface area contributed by atoms with Gasteiger partial charge in [0.15, 0.2) is 11.4 Å². The third-order valence-corrected chi connectivity index (χ3v) is 11.8. The number of nitrogens with two attached hydrogens (primary N) is 1. The Morgan fingerprint density at radius 3 is 2.24 bits per heavy atom. The molecule has 1 fully saturated rings. The second kappa shape index (κ2) is 24.2. The molecular formula is C42H66N5O10P. The van der Waals surface area contributed by atoms with Crippen LogP contribution in [0.4, 0.5) is 5.82 Å². The molecule has 0 amide bonds. The summed E-state index contributed by atoms with van der Waals surface area (Å²) in [6.07, 6.45) is 19.3. The maximum Gasteiger partial charge on any atom is 0.472 e. The van der Waals surface area contributed by atoms with Crippen molar-refractivity contribution in [1.82, 2.24) is 14.6 Å². The SMILES string of the molecule is CCCCCCCCCCCCCCCCCCOC[C@@H](COP(=O)(O)OC[C@@]1(C)OC[C@@](O)(c2ccc3c(N)ncnn23)[C@@H]1O)OCc1ccc(C#N)cc1OC. The van der Waals surface area contributed by atoms with Crippen molar-refractivity contribution in [3.63, 3.8) is 0 Å². The molecule has 1 unspecified atom stereocenters. The topological polar surface area (TPSA) is 213 Å². The minimum atomic E-state index is -4.73. The lowest BCUT2D eigenvalue weighted by Gasteiger charge is -2.32. The number of aliphatic hydroxyl groups is 2. The molecule has 0 spiro atoms. The average molecular weight is 832 g/mol. The summed E-state index contributed by atoms with van der Waals surface area (Å²) in [4.78, 5) is 14.6. The predicted octanol–water partition coefficient (Wildman–Crippen LogP) is 7.53. The van der Waals surface area contributed by atoms with E-state index in [-0.39, 0.29) is 37.9 Å². The molecule has 58 heavy (non-hydrogen) atoms. The Balaban J connectivity index is 1.20. The predicted molar refractivity (Wildman–Crippen MR) is 220 cm³/mol. The molecule has 1 aliphatic heterocycles. The highest BCUT2D eigenvalue weighted by Crippen LogP contribution is 2.47. The molecule has 1 aromatic carbocycles. The second-order valence-electron chi connectivity index (χ2n) is 15.6. The molecule has 15 nitrogen and oxygen atoms in total. The van der Waals surface area contributed by atoms with E-state index in [4.69, 9.17) is 33.7 Å². The number of nitrogens with zero attached hydrogens (tertiary/aromatic N) is 4. The Hall–Kier alpha value is -3.16. The van der Waals surface area contributed by atoms with Gasteiger partial charge in [-0.15, -0.1) is 0 Å². The molecule has 1 aliphatic rings. The first-order valence-electron chi connectivity index (χ1n) is 21.0. The molecular weight excluding hydrogens is 765 g/mol. The van der Waals surface area contributed by atoms with Gasteiger partial charge in [0.25, 0.3) is 0 Å². The zero-order valence-electron chi connectivity index (χ0n) is 34.7. The number of nitrogen functional groups attached to an aromatic ring is 1. The quantitative estimate of drug-likeness (QED) is 0.0378. The number of benzene rings is 1. The fraction of sp³-hybridized carbons (Fsp3) is 0.690. The van der Waals surface area contributed by atoms with Gasteiger partial charge in [-0.25, -0.2) is 14.1 Å². The summed E-state index contributed by atoms with van der Waals surface area (Å²) >= 11 is 0. The summed E-state index contributed by atoms with van der Waals surface area (Å²) in [5.74, 6) is 0.656. The van der Waals surface area contributed by atoms with Crippen LogP contribution in [0.3, 0.4) is 0 Å². The van der Waals surface area contributed by atoms with Crippen LogP contribution in [0, 0.1) is 11.3 Å². The van der Waals surface area contributed by atoms with Gasteiger partial charge < -0.3 is 39.8 Å². The molecule has 324 valence electrons. The van der Waals surface area contributed by atoms with Crippen molar-refractivity contribution in [3.05, 3.63) is 53.5 Å². The third kappa shape index (κ3) is 14.2. The van der Waals surface area contributed by atoms with Gasteiger partial charge in [-0.3, -0.25) is 9.05 Å². The smallest absolute Gasteiger partial charge is 0.472 e. The highest BCUT2D eigenvalue weighted by Gasteiger charge is 2.58. The number of anilines is 1. The number of rotatable bonds is 30. The van der Waals surface area contributed by atoms with E-state index in [1.165, 1.54) is 108 Å². The van der Waals surface area contributed by atoms with Gasteiger partial charge in [-0.1, -0.05) is 109 Å². The molecule has 3 aromatic rings. The van der Waals surface area contributed by atoms with Gasteiger partial charge in [0.2, 0.25) is 0 Å². The lowest BCUT2D eigenvalue weighted by Crippen LogP contribution is -2.49. The van der Waals surface area contributed by atoms with E-state index < -0.39 is 37.8 Å². The second-order valence-corrected chi connectivity index (χ2v) is 17.0. The molecule has 2 aromatic heterocycles. The number of hydrogen-bond donors (Lipinski definition) is 4. The fourth-order valence-corrected chi connectivity index (χ4v) is 8.08. The van der Waals surface area contributed by atoms with Gasteiger partial charge >= 0.3 is 7.82 Å². The summed E-state index contributed by atoms with van der Waals surface area (Å²) in [7, 11) is -3.23.